The Kier molecular flexibility index (Phi) is 6.62. The number of sulfonamides is 1. The summed E-state index contributed by atoms with van der Waals surface area (Å²) in [5.74, 6) is -0.282. The minimum Gasteiger partial charge on any atom is -0.378 e. The largest absolute Gasteiger partial charge is 0.378 e. The maximum atomic E-state index is 12.4. The van der Waals surface area contributed by atoms with Crippen LogP contribution in [0.3, 0.4) is 0 Å². The molecule has 0 bridgehead atoms. The van der Waals surface area contributed by atoms with E-state index in [1.165, 1.54) is 20.2 Å². The zero-order chi connectivity index (χ0) is 20.2. The van der Waals surface area contributed by atoms with Gasteiger partial charge >= 0.3 is 0 Å². The van der Waals surface area contributed by atoms with Crippen molar-refractivity contribution in [3.8, 4) is 0 Å². The lowest BCUT2D eigenvalue weighted by molar-refractivity contribution is 0.0954. The number of hydrogen-bond acceptors (Lipinski definition) is 4. The minimum atomic E-state index is -3.59. The molecule has 146 valence electrons. The van der Waals surface area contributed by atoms with Gasteiger partial charge in [0.2, 0.25) is 10.0 Å². The van der Waals surface area contributed by atoms with Crippen molar-refractivity contribution in [2.24, 2.45) is 0 Å². The lowest BCUT2D eigenvalue weighted by atomic mass is 10.1. The van der Waals surface area contributed by atoms with Crippen LogP contribution in [0.25, 0.3) is 0 Å². The van der Waals surface area contributed by atoms with Crippen LogP contribution in [0.1, 0.15) is 21.5 Å². The van der Waals surface area contributed by atoms with Crippen molar-refractivity contribution >= 4 is 21.6 Å². The van der Waals surface area contributed by atoms with E-state index >= 15 is 0 Å². The molecule has 0 aliphatic heterocycles. The Morgan fingerprint density at radius 3 is 2.19 bits per heavy atom. The molecule has 0 saturated carbocycles. The number of nitrogens with zero attached hydrogens (tertiary/aromatic N) is 2. The highest BCUT2D eigenvalue weighted by atomic mass is 32.2. The SMILES string of the molecule is Cc1ccc(C(=O)NCCc2ccc(N(C)C)cc2)cc1S(=O)(=O)N(C)C. The first-order valence-corrected chi connectivity index (χ1v) is 10.1. The van der Waals surface area contributed by atoms with Gasteiger partial charge in [-0.3, -0.25) is 4.79 Å². The molecule has 0 atom stereocenters. The number of amides is 1. The van der Waals surface area contributed by atoms with Crippen molar-refractivity contribution < 1.29 is 13.2 Å². The van der Waals surface area contributed by atoms with Gasteiger partial charge in [0, 0.05) is 46.0 Å². The molecule has 0 spiro atoms. The summed E-state index contributed by atoms with van der Waals surface area (Å²) in [4.78, 5) is 14.6. The Balaban J connectivity index is 2.04. The van der Waals surface area contributed by atoms with E-state index in [0.717, 1.165) is 15.6 Å². The first-order chi connectivity index (χ1) is 12.6. The fourth-order valence-corrected chi connectivity index (χ4v) is 3.74. The third-order valence-electron chi connectivity index (χ3n) is 4.36. The minimum absolute atomic E-state index is 0.152. The van der Waals surface area contributed by atoms with Gasteiger partial charge in [0.05, 0.1) is 4.90 Å². The summed E-state index contributed by atoms with van der Waals surface area (Å²) in [7, 11) is 3.34. The molecule has 1 N–H and O–H groups in total. The molecule has 27 heavy (non-hydrogen) atoms. The molecule has 0 heterocycles. The second kappa shape index (κ2) is 8.54. The van der Waals surface area contributed by atoms with Gasteiger partial charge in [-0.15, -0.1) is 0 Å². The molecule has 2 aromatic carbocycles. The Morgan fingerprint density at radius 1 is 1.00 bits per heavy atom. The molecule has 0 radical (unpaired) electrons. The zero-order valence-corrected chi connectivity index (χ0v) is 17.3. The predicted molar refractivity (Wildman–Crippen MR) is 109 cm³/mol. The third kappa shape index (κ3) is 5.08. The van der Waals surface area contributed by atoms with Gasteiger partial charge in [0.1, 0.15) is 0 Å². The zero-order valence-electron chi connectivity index (χ0n) is 16.5. The highest BCUT2D eigenvalue weighted by molar-refractivity contribution is 7.89. The molecule has 0 aliphatic carbocycles. The molecule has 0 unspecified atom stereocenters. The second-order valence-corrected chi connectivity index (χ2v) is 8.95. The lowest BCUT2D eigenvalue weighted by Crippen LogP contribution is -2.27. The Hall–Kier alpha value is -2.38. The maximum absolute atomic E-state index is 12.4. The van der Waals surface area contributed by atoms with E-state index in [4.69, 9.17) is 0 Å². The van der Waals surface area contributed by atoms with E-state index in [1.807, 2.05) is 43.3 Å². The number of carbonyl (C=O) groups is 1. The summed E-state index contributed by atoms with van der Waals surface area (Å²) < 4.78 is 25.9. The number of carbonyl (C=O) groups excluding carboxylic acids is 1. The van der Waals surface area contributed by atoms with E-state index in [9.17, 15) is 13.2 Å². The van der Waals surface area contributed by atoms with E-state index in [2.05, 4.69) is 5.32 Å². The fourth-order valence-electron chi connectivity index (χ4n) is 2.60. The molecule has 1 amide bonds. The monoisotopic (exact) mass is 389 g/mol. The highest BCUT2D eigenvalue weighted by Gasteiger charge is 2.21. The van der Waals surface area contributed by atoms with Crippen molar-refractivity contribution in [2.75, 3.05) is 39.6 Å². The van der Waals surface area contributed by atoms with Crippen LogP contribution in [-0.4, -0.2) is 53.4 Å². The van der Waals surface area contributed by atoms with Crippen LogP contribution in [0.4, 0.5) is 5.69 Å². The van der Waals surface area contributed by atoms with Gasteiger partial charge < -0.3 is 10.2 Å². The second-order valence-electron chi connectivity index (χ2n) is 6.83. The van der Waals surface area contributed by atoms with E-state index in [1.54, 1.807) is 19.1 Å². The molecular weight excluding hydrogens is 362 g/mol. The fraction of sp³-hybridized carbons (Fsp3) is 0.350. The smallest absolute Gasteiger partial charge is 0.251 e. The molecule has 7 heteroatoms. The molecule has 0 saturated heterocycles. The summed E-state index contributed by atoms with van der Waals surface area (Å²) in [6, 6.07) is 12.9. The molecule has 0 fully saturated rings. The average molecular weight is 390 g/mol. The van der Waals surface area contributed by atoms with Crippen LogP contribution in [-0.2, 0) is 16.4 Å². The molecule has 6 nitrogen and oxygen atoms in total. The summed E-state index contributed by atoms with van der Waals surface area (Å²) in [6.45, 7) is 2.19. The van der Waals surface area contributed by atoms with Crippen molar-refractivity contribution in [3.05, 3.63) is 59.2 Å². The topological polar surface area (TPSA) is 69.7 Å². The number of hydrogen-bond donors (Lipinski definition) is 1. The van der Waals surface area contributed by atoms with Gasteiger partial charge in [-0.1, -0.05) is 18.2 Å². The van der Waals surface area contributed by atoms with Crippen molar-refractivity contribution in [2.45, 2.75) is 18.2 Å². The summed E-state index contributed by atoms with van der Waals surface area (Å²) in [5.41, 5.74) is 3.20. The van der Waals surface area contributed by atoms with Gasteiger partial charge in [-0.05, 0) is 48.7 Å². The van der Waals surface area contributed by atoms with Crippen LogP contribution in [0, 0.1) is 6.92 Å². The highest BCUT2D eigenvalue weighted by Crippen LogP contribution is 2.20. The quantitative estimate of drug-likeness (QED) is 0.789. The Labute approximate surface area is 161 Å². The van der Waals surface area contributed by atoms with Gasteiger partial charge in [0.25, 0.3) is 5.91 Å². The van der Waals surface area contributed by atoms with Crippen molar-refractivity contribution in [3.63, 3.8) is 0 Å². The van der Waals surface area contributed by atoms with Crippen molar-refractivity contribution in [1.82, 2.24) is 9.62 Å². The molecule has 2 aromatic rings. The first-order valence-electron chi connectivity index (χ1n) is 8.70. The predicted octanol–water partition coefficient (Wildman–Crippen LogP) is 2.28. The van der Waals surface area contributed by atoms with Gasteiger partial charge in [-0.25, -0.2) is 12.7 Å². The van der Waals surface area contributed by atoms with E-state index in [0.29, 0.717) is 24.1 Å². The van der Waals surface area contributed by atoms with E-state index in [-0.39, 0.29) is 10.8 Å². The average Bonchev–Trinajstić information content (AvgIpc) is 2.62. The van der Waals surface area contributed by atoms with Gasteiger partial charge in [-0.2, -0.15) is 0 Å². The number of anilines is 1. The Bertz CT molecular complexity index is 905. The number of aryl methyl sites for hydroxylation is 1. The molecular formula is C20H27N3O3S. The summed E-state index contributed by atoms with van der Waals surface area (Å²) in [6.07, 6.45) is 0.703. The number of benzene rings is 2. The standard InChI is InChI=1S/C20H27N3O3S/c1-15-6-9-17(14-19(15)27(25,26)23(4)5)20(24)21-13-12-16-7-10-18(11-8-16)22(2)3/h6-11,14H,12-13H2,1-5H3,(H,21,24). The number of nitrogens with one attached hydrogen (secondary N) is 1. The first kappa shape index (κ1) is 20.9. The van der Waals surface area contributed by atoms with E-state index < -0.39 is 10.0 Å². The normalized spacial score (nSPS) is 11.5. The molecule has 0 aromatic heterocycles. The van der Waals surface area contributed by atoms with Crippen molar-refractivity contribution in [1.29, 1.82) is 0 Å². The Morgan fingerprint density at radius 2 is 1.63 bits per heavy atom. The van der Waals surface area contributed by atoms with Crippen LogP contribution < -0.4 is 10.2 Å². The van der Waals surface area contributed by atoms with Gasteiger partial charge in [0.15, 0.2) is 0 Å². The maximum Gasteiger partial charge on any atom is 0.251 e. The molecule has 2 rings (SSSR count). The summed E-state index contributed by atoms with van der Waals surface area (Å²) in [5, 5.41) is 2.85. The number of rotatable bonds is 7. The summed E-state index contributed by atoms with van der Waals surface area (Å²) >= 11 is 0. The molecule has 0 aliphatic rings. The van der Waals surface area contributed by atoms with Crippen LogP contribution in [0.5, 0.6) is 0 Å². The third-order valence-corrected chi connectivity index (χ3v) is 6.32. The van der Waals surface area contributed by atoms with Crippen LogP contribution in [0.2, 0.25) is 0 Å². The lowest BCUT2D eigenvalue weighted by Gasteiger charge is -2.15. The van der Waals surface area contributed by atoms with Crippen LogP contribution in [0.15, 0.2) is 47.4 Å². The van der Waals surface area contributed by atoms with Crippen LogP contribution >= 0.6 is 0 Å².